The van der Waals surface area contributed by atoms with Gasteiger partial charge < -0.3 is 13.9 Å². The van der Waals surface area contributed by atoms with Crippen LogP contribution in [-0.2, 0) is 25.3 Å². The minimum atomic E-state index is -2.19. The van der Waals surface area contributed by atoms with Crippen LogP contribution in [0.25, 0.3) is 0 Å². The summed E-state index contributed by atoms with van der Waals surface area (Å²) in [5.74, 6) is -0.601. The van der Waals surface area contributed by atoms with Crippen molar-refractivity contribution in [3.8, 4) is 0 Å². The summed E-state index contributed by atoms with van der Waals surface area (Å²) < 4.78 is 20.1. The molecule has 1 heterocycles. The molecule has 1 aromatic rings. The van der Waals surface area contributed by atoms with Crippen molar-refractivity contribution in [2.24, 2.45) is 16.2 Å². The molecule has 4 aliphatic carbocycles. The molecule has 4 bridgehead atoms. The smallest absolute Gasteiger partial charge is 0.250 e. The molecule has 4 atom stereocenters. The molecule has 5 aliphatic rings. The highest BCUT2D eigenvalue weighted by atomic mass is 28.4. The van der Waals surface area contributed by atoms with Gasteiger partial charge in [0.05, 0.1) is 29.8 Å². The van der Waals surface area contributed by atoms with Crippen LogP contribution in [0.1, 0.15) is 46.6 Å². The second-order valence-corrected chi connectivity index (χ2v) is 16.8. The third-order valence-corrected chi connectivity index (χ3v) is 13.8. The maximum absolute atomic E-state index is 14.4. The number of rotatable bonds is 5. The summed E-state index contributed by atoms with van der Waals surface area (Å²) in [6.45, 7) is 20.6. The summed E-state index contributed by atoms with van der Waals surface area (Å²) in [7, 11) is -2.19. The average Bonchev–Trinajstić information content (AvgIpc) is 3.18. The Balaban J connectivity index is 1.69. The Labute approximate surface area is 198 Å². The average molecular weight is 465 g/mol. The zero-order valence-corrected chi connectivity index (χ0v) is 22.0. The molecule has 1 spiro atoms. The first-order chi connectivity index (χ1) is 15.3. The molecule has 0 amide bonds. The molecule has 0 unspecified atom stereocenters. The molecule has 176 valence electrons. The van der Waals surface area contributed by atoms with Crippen LogP contribution >= 0.6 is 0 Å². The molecule has 1 aromatic carbocycles. The molecule has 4 nitrogen and oxygen atoms in total. The van der Waals surface area contributed by atoms with Gasteiger partial charge in [-0.25, -0.2) is 0 Å². The van der Waals surface area contributed by atoms with E-state index in [0.717, 1.165) is 22.5 Å². The SMILES string of the molecule is C=C1CC=C2[C@]13C=C(O[Si](C)(C)C(C)(C)C)[C@@]1(C)[C@@](OCc4ccccc4)(OC[C@]21C)C3=O. The van der Waals surface area contributed by atoms with Gasteiger partial charge >= 0.3 is 0 Å². The van der Waals surface area contributed by atoms with Crippen molar-refractivity contribution < 1.29 is 18.7 Å². The molecular formula is C28H36O4Si. The molecule has 1 aliphatic heterocycles. The van der Waals surface area contributed by atoms with Crippen LogP contribution in [0, 0.1) is 16.2 Å². The lowest BCUT2D eigenvalue weighted by Crippen LogP contribution is -2.70. The Kier molecular flexibility index (Phi) is 4.55. The highest BCUT2D eigenvalue weighted by molar-refractivity contribution is 6.74. The van der Waals surface area contributed by atoms with Gasteiger partial charge in [0, 0.05) is 5.41 Å². The summed E-state index contributed by atoms with van der Waals surface area (Å²) in [4.78, 5) is 14.4. The second kappa shape index (κ2) is 6.59. The predicted molar refractivity (Wildman–Crippen MR) is 132 cm³/mol. The van der Waals surface area contributed by atoms with Gasteiger partial charge in [0.25, 0.3) is 0 Å². The number of ketones is 1. The van der Waals surface area contributed by atoms with Gasteiger partial charge in [-0.3, -0.25) is 4.79 Å². The van der Waals surface area contributed by atoms with Gasteiger partial charge in [-0.2, -0.15) is 0 Å². The van der Waals surface area contributed by atoms with E-state index in [4.69, 9.17) is 13.9 Å². The summed E-state index contributed by atoms with van der Waals surface area (Å²) in [5.41, 5.74) is 0.938. The maximum atomic E-state index is 14.4. The lowest BCUT2D eigenvalue weighted by atomic mass is 9.42. The van der Waals surface area contributed by atoms with E-state index in [1.54, 1.807) is 0 Å². The number of Topliss-reactive ketones (excluding diaryl/α,β-unsaturated/α-hetero) is 1. The molecule has 0 radical (unpaired) electrons. The lowest BCUT2D eigenvalue weighted by Gasteiger charge is -2.62. The minimum Gasteiger partial charge on any atom is -0.546 e. The highest BCUT2D eigenvalue weighted by Gasteiger charge is 2.84. The first kappa shape index (κ1) is 22.8. The molecule has 0 aromatic heterocycles. The van der Waals surface area contributed by atoms with E-state index < -0.39 is 30.3 Å². The van der Waals surface area contributed by atoms with Crippen LogP contribution in [0.4, 0.5) is 0 Å². The quantitative estimate of drug-likeness (QED) is 0.378. The lowest BCUT2D eigenvalue weighted by molar-refractivity contribution is -0.259. The molecule has 5 heteroatoms. The van der Waals surface area contributed by atoms with E-state index in [1.807, 2.05) is 30.3 Å². The van der Waals surface area contributed by atoms with Gasteiger partial charge in [-0.05, 0) is 48.7 Å². The number of carbonyl (C=O) groups excluding carboxylic acids is 1. The number of carbonyl (C=O) groups is 1. The fourth-order valence-corrected chi connectivity index (χ4v) is 7.19. The van der Waals surface area contributed by atoms with Crippen molar-refractivity contribution in [3.05, 3.63) is 71.5 Å². The van der Waals surface area contributed by atoms with Crippen molar-refractivity contribution in [3.63, 3.8) is 0 Å². The topological polar surface area (TPSA) is 44.8 Å². The Morgan fingerprint density at radius 1 is 1.15 bits per heavy atom. The largest absolute Gasteiger partial charge is 0.546 e. The van der Waals surface area contributed by atoms with E-state index >= 15 is 0 Å². The van der Waals surface area contributed by atoms with Crippen LogP contribution in [0.3, 0.4) is 0 Å². The number of allylic oxidation sites excluding steroid dienone is 3. The number of hydrogen-bond acceptors (Lipinski definition) is 4. The summed E-state index contributed by atoms with van der Waals surface area (Å²) in [6, 6.07) is 9.97. The highest BCUT2D eigenvalue weighted by Crippen LogP contribution is 2.77. The first-order valence-corrected chi connectivity index (χ1v) is 14.9. The third kappa shape index (κ3) is 2.51. The Morgan fingerprint density at radius 2 is 1.82 bits per heavy atom. The molecule has 1 saturated carbocycles. The first-order valence-electron chi connectivity index (χ1n) is 11.9. The normalized spacial score (nSPS) is 37.2. The van der Waals surface area contributed by atoms with Crippen molar-refractivity contribution >= 4 is 14.1 Å². The van der Waals surface area contributed by atoms with Gasteiger partial charge in [-0.1, -0.05) is 76.3 Å². The van der Waals surface area contributed by atoms with E-state index in [0.29, 0.717) is 19.6 Å². The standard InChI is InChI=1S/C28H36O4Si/c1-19-14-15-21-25(5)18-31-28(30-17-20-12-10-9-11-13-20)23(29)27(19,21)16-22(26(25,28)6)32-33(7,8)24(2,3)4/h9-13,15-16H,1,14,17-18H2,2-8H3/t25-,26-,27+,28+/m1/s1. The van der Waals surface area contributed by atoms with E-state index in [1.165, 1.54) is 0 Å². The third-order valence-electron chi connectivity index (χ3n) is 9.41. The van der Waals surface area contributed by atoms with Crippen LogP contribution in [0.5, 0.6) is 0 Å². The molecule has 2 fully saturated rings. The van der Waals surface area contributed by atoms with Crippen molar-refractivity contribution in [1.82, 2.24) is 0 Å². The number of ether oxygens (including phenoxy) is 2. The van der Waals surface area contributed by atoms with Crippen LogP contribution in [0.2, 0.25) is 18.1 Å². The number of hydrogen-bond donors (Lipinski definition) is 0. The fourth-order valence-electron chi connectivity index (χ4n) is 6.07. The van der Waals surface area contributed by atoms with E-state index in [-0.39, 0.29) is 10.8 Å². The Hall–Kier alpha value is -1.95. The van der Waals surface area contributed by atoms with Gasteiger partial charge in [0.2, 0.25) is 19.9 Å². The van der Waals surface area contributed by atoms with Crippen LogP contribution in [-0.4, -0.2) is 26.5 Å². The Bertz CT molecular complexity index is 1110. The second-order valence-electron chi connectivity index (χ2n) is 12.1. The fraction of sp³-hybridized carbons (Fsp3) is 0.536. The van der Waals surface area contributed by atoms with Gasteiger partial charge in [0.15, 0.2) is 0 Å². The van der Waals surface area contributed by atoms with Crippen LogP contribution < -0.4 is 0 Å². The monoisotopic (exact) mass is 464 g/mol. The van der Waals surface area contributed by atoms with E-state index in [2.05, 4.69) is 66.4 Å². The van der Waals surface area contributed by atoms with Gasteiger partial charge in [-0.15, -0.1) is 0 Å². The maximum Gasteiger partial charge on any atom is 0.250 e. The van der Waals surface area contributed by atoms with Gasteiger partial charge in [0.1, 0.15) is 0 Å². The molecule has 0 N–H and O–H groups in total. The van der Waals surface area contributed by atoms with Crippen LogP contribution in [0.15, 0.2) is 66.0 Å². The Morgan fingerprint density at radius 3 is 2.45 bits per heavy atom. The molecule has 1 saturated heterocycles. The van der Waals surface area contributed by atoms with Crippen molar-refractivity contribution in [2.75, 3.05) is 6.61 Å². The molecule has 6 rings (SSSR count). The molecule has 33 heavy (non-hydrogen) atoms. The summed E-state index contributed by atoms with van der Waals surface area (Å²) in [6.07, 6.45) is 4.98. The zero-order valence-electron chi connectivity index (χ0n) is 21.0. The molecular weight excluding hydrogens is 428 g/mol. The zero-order chi connectivity index (χ0) is 24.1. The number of benzene rings is 1. The summed E-state index contributed by atoms with van der Waals surface area (Å²) in [5, 5.41) is 0.0206. The van der Waals surface area contributed by atoms with Crippen molar-refractivity contribution in [2.45, 2.75) is 71.6 Å². The minimum absolute atomic E-state index is 0.0206. The van der Waals surface area contributed by atoms with Crippen molar-refractivity contribution in [1.29, 1.82) is 0 Å². The summed E-state index contributed by atoms with van der Waals surface area (Å²) >= 11 is 0. The predicted octanol–water partition coefficient (Wildman–Crippen LogP) is 6.32. The van der Waals surface area contributed by atoms with E-state index in [9.17, 15) is 4.79 Å².